The SMILES string of the molecule is COCCc1noc(C2CN(S(=O)(=O)c3ccc(C#N)cc3)C2)n1. The smallest absolute Gasteiger partial charge is 0.243 e. The van der Waals surface area contributed by atoms with Gasteiger partial charge in [0.05, 0.1) is 29.1 Å². The quantitative estimate of drug-likeness (QED) is 0.763. The highest BCUT2D eigenvalue weighted by molar-refractivity contribution is 7.89. The molecule has 1 aromatic heterocycles. The second-order valence-corrected chi connectivity index (χ2v) is 7.38. The Hall–Kier alpha value is -2.28. The Morgan fingerprint density at radius 1 is 1.38 bits per heavy atom. The highest BCUT2D eigenvalue weighted by Gasteiger charge is 2.40. The molecule has 2 aromatic rings. The van der Waals surface area contributed by atoms with E-state index >= 15 is 0 Å². The van der Waals surface area contributed by atoms with Crippen molar-refractivity contribution in [3.63, 3.8) is 0 Å². The van der Waals surface area contributed by atoms with Gasteiger partial charge in [0.2, 0.25) is 15.9 Å². The monoisotopic (exact) mass is 348 g/mol. The largest absolute Gasteiger partial charge is 0.384 e. The van der Waals surface area contributed by atoms with Crippen LogP contribution in [0.15, 0.2) is 33.7 Å². The summed E-state index contributed by atoms with van der Waals surface area (Å²) in [4.78, 5) is 4.44. The zero-order valence-corrected chi connectivity index (χ0v) is 13.9. The number of hydrogen-bond donors (Lipinski definition) is 0. The van der Waals surface area contributed by atoms with Crippen molar-refractivity contribution in [2.75, 3.05) is 26.8 Å². The number of nitriles is 1. The normalized spacial score (nSPS) is 15.8. The molecule has 9 heteroatoms. The number of rotatable bonds is 6. The van der Waals surface area contributed by atoms with E-state index in [2.05, 4.69) is 10.1 Å². The summed E-state index contributed by atoms with van der Waals surface area (Å²) in [6.07, 6.45) is 0.556. The first-order chi connectivity index (χ1) is 11.5. The van der Waals surface area contributed by atoms with E-state index in [1.165, 1.54) is 28.6 Å². The number of benzene rings is 1. The number of ether oxygens (including phenoxy) is 1. The first-order valence-corrected chi connectivity index (χ1v) is 8.80. The lowest BCUT2D eigenvalue weighted by atomic mass is 10.0. The minimum Gasteiger partial charge on any atom is -0.384 e. The number of methoxy groups -OCH3 is 1. The van der Waals surface area contributed by atoms with Gasteiger partial charge in [-0.2, -0.15) is 14.6 Å². The van der Waals surface area contributed by atoms with Gasteiger partial charge in [-0.05, 0) is 24.3 Å². The standard InChI is InChI=1S/C15H16N4O4S/c1-22-7-6-14-17-15(23-18-14)12-9-19(10-12)24(20,21)13-4-2-11(8-16)3-5-13/h2-5,12H,6-7,9-10H2,1H3. The molecule has 0 spiro atoms. The molecule has 0 atom stereocenters. The van der Waals surface area contributed by atoms with Gasteiger partial charge in [0.25, 0.3) is 0 Å². The van der Waals surface area contributed by atoms with Crippen LogP contribution in [-0.4, -0.2) is 49.7 Å². The average molecular weight is 348 g/mol. The number of hydrogen-bond acceptors (Lipinski definition) is 7. The average Bonchev–Trinajstić information content (AvgIpc) is 2.99. The molecule has 0 radical (unpaired) electrons. The fourth-order valence-corrected chi connectivity index (χ4v) is 3.90. The summed E-state index contributed by atoms with van der Waals surface area (Å²) >= 11 is 0. The second kappa shape index (κ2) is 6.68. The Labute approximate surface area is 139 Å². The first-order valence-electron chi connectivity index (χ1n) is 7.36. The van der Waals surface area contributed by atoms with Crippen LogP contribution < -0.4 is 0 Å². The maximum absolute atomic E-state index is 12.5. The molecule has 1 aromatic carbocycles. The molecule has 1 fully saturated rings. The maximum Gasteiger partial charge on any atom is 0.243 e. The molecular weight excluding hydrogens is 332 g/mol. The third kappa shape index (κ3) is 3.17. The van der Waals surface area contributed by atoms with E-state index in [0.717, 1.165) is 0 Å². The highest BCUT2D eigenvalue weighted by Crippen LogP contribution is 2.31. The van der Waals surface area contributed by atoms with Crippen LogP contribution in [0.4, 0.5) is 0 Å². The van der Waals surface area contributed by atoms with E-state index < -0.39 is 10.0 Å². The van der Waals surface area contributed by atoms with E-state index in [4.69, 9.17) is 14.5 Å². The minimum atomic E-state index is -3.56. The second-order valence-electron chi connectivity index (χ2n) is 5.45. The summed E-state index contributed by atoms with van der Waals surface area (Å²) in [6.45, 7) is 1.10. The van der Waals surface area contributed by atoms with Crippen molar-refractivity contribution in [3.05, 3.63) is 41.5 Å². The zero-order valence-electron chi connectivity index (χ0n) is 13.0. The predicted octanol–water partition coefficient (Wildman–Crippen LogP) is 0.918. The predicted molar refractivity (Wildman–Crippen MR) is 82.5 cm³/mol. The molecule has 1 aliphatic heterocycles. The van der Waals surface area contributed by atoms with E-state index in [0.29, 0.717) is 43.4 Å². The lowest BCUT2D eigenvalue weighted by Crippen LogP contribution is -2.48. The van der Waals surface area contributed by atoms with Gasteiger partial charge < -0.3 is 9.26 Å². The van der Waals surface area contributed by atoms with Crippen molar-refractivity contribution >= 4 is 10.0 Å². The van der Waals surface area contributed by atoms with E-state index in [1.54, 1.807) is 7.11 Å². The Morgan fingerprint density at radius 2 is 2.08 bits per heavy atom. The van der Waals surface area contributed by atoms with Crippen LogP contribution in [0.1, 0.15) is 23.2 Å². The van der Waals surface area contributed by atoms with Crippen molar-refractivity contribution in [2.45, 2.75) is 17.2 Å². The molecule has 126 valence electrons. The van der Waals surface area contributed by atoms with Gasteiger partial charge in [0.15, 0.2) is 5.82 Å². The van der Waals surface area contributed by atoms with Crippen molar-refractivity contribution in [1.82, 2.24) is 14.4 Å². The van der Waals surface area contributed by atoms with Gasteiger partial charge in [-0.15, -0.1) is 0 Å². The lowest BCUT2D eigenvalue weighted by molar-refractivity contribution is 0.199. The van der Waals surface area contributed by atoms with Gasteiger partial charge in [0, 0.05) is 26.6 Å². The van der Waals surface area contributed by atoms with Crippen molar-refractivity contribution in [1.29, 1.82) is 5.26 Å². The summed E-state index contributed by atoms with van der Waals surface area (Å²) in [7, 11) is -1.97. The molecule has 8 nitrogen and oxygen atoms in total. The van der Waals surface area contributed by atoms with Gasteiger partial charge >= 0.3 is 0 Å². The number of nitrogens with zero attached hydrogens (tertiary/aromatic N) is 4. The molecule has 0 bridgehead atoms. The van der Waals surface area contributed by atoms with Crippen molar-refractivity contribution in [3.8, 4) is 6.07 Å². The van der Waals surface area contributed by atoms with Crippen LogP contribution in [0, 0.1) is 11.3 Å². The van der Waals surface area contributed by atoms with E-state index in [-0.39, 0.29) is 10.8 Å². The third-order valence-electron chi connectivity index (χ3n) is 3.83. The molecule has 3 rings (SSSR count). The topological polar surface area (TPSA) is 109 Å². The van der Waals surface area contributed by atoms with Crippen LogP contribution in [0.25, 0.3) is 0 Å². The minimum absolute atomic E-state index is 0.0954. The molecule has 0 amide bonds. The van der Waals surface area contributed by atoms with E-state index in [9.17, 15) is 8.42 Å². The summed E-state index contributed by atoms with van der Waals surface area (Å²) in [5.41, 5.74) is 0.421. The van der Waals surface area contributed by atoms with Crippen LogP contribution in [0.2, 0.25) is 0 Å². The van der Waals surface area contributed by atoms with Crippen LogP contribution in [0.5, 0.6) is 0 Å². The summed E-state index contributed by atoms with van der Waals surface area (Å²) in [5.74, 6) is 0.912. The molecule has 0 N–H and O–H groups in total. The summed E-state index contributed by atoms with van der Waals surface area (Å²) in [5, 5.41) is 12.6. The molecule has 0 saturated carbocycles. The Bertz CT molecular complexity index is 848. The van der Waals surface area contributed by atoms with Crippen molar-refractivity contribution < 1.29 is 17.7 Å². The molecule has 2 heterocycles. The Morgan fingerprint density at radius 3 is 2.71 bits per heavy atom. The molecule has 0 unspecified atom stereocenters. The highest BCUT2D eigenvalue weighted by atomic mass is 32.2. The lowest BCUT2D eigenvalue weighted by Gasteiger charge is -2.35. The Kier molecular flexibility index (Phi) is 4.62. The molecule has 24 heavy (non-hydrogen) atoms. The van der Waals surface area contributed by atoms with Crippen LogP contribution >= 0.6 is 0 Å². The number of aromatic nitrogens is 2. The van der Waals surface area contributed by atoms with Gasteiger partial charge in [-0.1, -0.05) is 5.16 Å². The van der Waals surface area contributed by atoms with Crippen LogP contribution in [-0.2, 0) is 21.2 Å². The third-order valence-corrected chi connectivity index (χ3v) is 5.68. The number of sulfonamides is 1. The van der Waals surface area contributed by atoms with E-state index in [1.807, 2.05) is 6.07 Å². The van der Waals surface area contributed by atoms with Gasteiger partial charge in [0.1, 0.15) is 0 Å². The Balaban J connectivity index is 1.64. The molecule has 1 aliphatic rings. The fraction of sp³-hybridized carbons (Fsp3) is 0.400. The fourth-order valence-electron chi connectivity index (χ4n) is 2.37. The van der Waals surface area contributed by atoms with Crippen LogP contribution in [0.3, 0.4) is 0 Å². The summed E-state index contributed by atoms with van der Waals surface area (Å²) < 4.78 is 36.5. The molecule has 1 saturated heterocycles. The molecule has 0 aliphatic carbocycles. The van der Waals surface area contributed by atoms with Crippen molar-refractivity contribution in [2.24, 2.45) is 0 Å². The summed E-state index contributed by atoms with van der Waals surface area (Å²) in [6, 6.07) is 7.83. The first kappa shape index (κ1) is 16.6. The zero-order chi connectivity index (χ0) is 17.2. The van der Waals surface area contributed by atoms with Gasteiger partial charge in [-0.3, -0.25) is 0 Å². The maximum atomic E-state index is 12.5. The van der Waals surface area contributed by atoms with Gasteiger partial charge in [-0.25, -0.2) is 8.42 Å². The molecular formula is C15H16N4O4S.